The van der Waals surface area contributed by atoms with Crippen LogP contribution in [0.2, 0.25) is 0 Å². The van der Waals surface area contributed by atoms with E-state index in [0.717, 1.165) is 5.56 Å². The molecule has 1 atom stereocenters. The molecule has 0 bridgehead atoms. The maximum atomic E-state index is 11.9. The van der Waals surface area contributed by atoms with Crippen LogP contribution in [0.3, 0.4) is 0 Å². The molecule has 2 N–H and O–H groups in total. The zero-order chi connectivity index (χ0) is 11.3. The summed E-state index contributed by atoms with van der Waals surface area (Å²) in [6, 6.07) is 3.09. The lowest BCUT2D eigenvalue weighted by atomic mass is 10.0. The highest BCUT2D eigenvalue weighted by Gasteiger charge is 2.27. The minimum Gasteiger partial charge on any atom is -0.327 e. The van der Waals surface area contributed by atoms with Gasteiger partial charge < -0.3 is 5.73 Å². The molecule has 0 saturated heterocycles. The number of hydrogen-bond acceptors (Lipinski definition) is 2. The summed E-state index contributed by atoms with van der Waals surface area (Å²) in [6.07, 6.45) is -1.32. The number of alkyl halides is 3. The summed E-state index contributed by atoms with van der Waals surface area (Å²) < 4.78 is 35.7. The van der Waals surface area contributed by atoms with Crippen LogP contribution in [0.1, 0.15) is 18.4 Å². The van der Waals surface area contributed by atoms with Gasteiger partial charge in [-0.2, -0.15) is 13.2 Å². The highest BCUT2D eigenvalue weighted by Crippen LogP contribution is 2.22. The van der Waals surface area contributed by atoms with Crippen LogP contribution in [-0.4, -0.2) is 17.2 Å². The van der Waals surface area contributed by atoms with Crippen LogP contribution in [0, 0.1) is 0 Å². The van der Waals surface area contributed by atoms with E-state index in [9.17, 15) is 13.2 Å². The Hall–Kier alpha value is -1.10. The van der Waals surface area contributed by atoms with Gasteiger partial charge in [-0.3, -0.25) is 4.98 Å². The van der Waals surface area contributed by atoms with Gasteiger partial charge in [0.25, 0.3) is 0 Å². The molecular formula is C10H13F3N2. The molecule has 0 aliphatic rings. The number of nitrogens with two attached hydrogens (primary N) is 1. The van der Waals surface area contributed by atoms with Gasteiger partial charge in [-0.15, -0.1) is 0 Å². The molecule has 1 heterocycles. The molecule has 1 unspecified atom stereocenters. The molecule has 0 radical (unpaired) electrons. The second-order valence-electron chi connectivity index (χ2n) is 3.48. The van der Waals surface area contributed by atoms with Crippen molar-refractivity contribution in [2.24, 2.45) is 5.73 Å². The molecule has 0 spiro atoms. The predicted octanol–water partition coefficient (Wildman–Crippen LogP) is 2.29. The first-order chi connectivity index (χ1) is 6.97. The van der Waals surface area contributed by atoms with Gasteiger partial charge in [0.05, 0.1) is 0 Å². The second-order valence-corrected chi connectivity index (χ2v) is 3.48. The molecular weight excluding hydrogens is 205 g/mol. The standard InChI is InChI=1S/C10H13F3N2/c11-10(12,13)4-3-9(14)6-8-2-1-5-15-7-8/h1-2,5,7,9H,3-4,6,14H2. The molecule has 84 valence electrons. The minimum atomic E-state index is -4.12. The Labute approximate surface area is 86.3 Å². The Bertz CT molecular complexity index is 284. The van der Waals surface area contributed by atoms with Gasteiger partial charge in [0.15, 0.2) is 0 Å². The third kappa shape index (κ3) is 5.37. The summed E-state index contributed by atoms with van der Waals surface area (Å²) in [4.78, 5) is 3.87. The molecule has 0 fully saturated rings. The molecule has 0 saturated carbocycles. The van der Waals surface area contributed by atoms with E-state index >= 15 is 0 Å². The fourth-order valence-electron chi connectivity index (χ4n) is 1.27. The zero-order valence-electron chi connectivity index (χ0n) is 8.17. The molecule has 0 aromatic carbocycles. The van der Waals surface area contributed by atoms with Gasteiger partial charge >= 0.3 is 6.18 Å². The lowest BCUT2D eigenvalue weighted by molar-refractivity contribution is -0.136. The number of nitrogens with zero attached hydrogens (tertiary/aromatic N) is 1. The third-order valence-electron chi connectivity index (χ3n) is 2.02. The lowest BCUT2D eigenvalue weighted by Crippen LogP contribution is -2.25. The average Bonchev–Trinajstić information content (AvgIpc) is 2.15. The van der Waals surface area contributed by atoms with Crippen LogP contribution < -0.4 is 5.73 Å². The Morgan fingerprint density at radius 2 is 2.13 bits per heavy atom. The highest BCUT2D eigenvalue weighted by atomic mass is 19.4. The Balaban J connectivity index is 2.34. The smallest absolute Gasteiger partial charge is 0.327 e. The molecule has 5 heteroatoms. The van der Waals surface area contributed by atoms with Crippen LogP contribution in [0.4, 0.5) is 13.2 Å². The SMILES string of the molecule is NC(CCC(F)(F)F)Cc1cccnc1. The molecule has 1 aromatic rings. The predicted molar refractivity (Wildman–Crippen MR) is 51.2 cm³/mol. The maximum absolute atomic E-state index is 11.9. The molecule has 0 aliphatic heterocycles. The van der Waals surface area contributed by atoms with Crippen molar-refractivity contribution in [3.63, 3.8) is 0 Å². The number of halogens is 3. The van der Waals surface area contributed by atoms with Crippen molar-refractivity contribution < 1.29 is 13.2 Å². The van der Waals surface area contributed by atoms with E-state index in [4.69, 9.17) is 5.73 Å². The van der Waals surface area contributed by atoms with Crippen molar-refractivity contribution in [2.75, 3.05) is 0 Å². The summed E-state index contributed by atoms with van der Waals surface area (Å²) in [5.41, 5.74) is 6.45. The summed E-state index contributed by atoms with van der Waals surface area (Å²) in [5.74, 6) is 0. The van der Waals surface area contributed by atoms with E-state index < -0.39 is 18.6 Å². The molecule has 1 aromatic heterocycles. The van der Waals surface area contributed by atoms with E-state index in [2.05, 4.69) is 4.98 Å². The molecule has 0 aliphatic carbocycles. The highest BCUT2D eigenvalue weighted by molar-refractivity contribution is 5.09. The van der Waals surface area contributed by atoms with Crippen LogP contribution in [0.5, 0.6) is 0 Å². The largest absolute Gasteiger partial charge is 0.389 e. The van der Waals surface area contributed by atoms with Crippen LogP contribution in [0.15, 0.2) is 24.5 Å². The van der Waals surface area contributed by atoms with Crippen LogP contribution in [0.25, 0.3) is 0 Å². The Kier molecular flexibility index (Phi) is 4.08. The van der Waals surface area contributed by atoms with Crippen molar-refractivity contribution in [1.82, 2.24) is 4.98 Å². The first-order valence-electron chi connectivity index (χ1n) is 4.68. The zero-order valence-corrected chi connectivity index (χ0v) is 8.17. The van der Waals surface area contributed by atoms with Crippen molar-refractivity contribution in [3.8, 4) is 0 Å². The molecule has 0 amide bonds. The number of aromatic nitrogens is 1. The fraction of sp³-hybridized carbons (Fsp3) is 0.500. The number of pyridine rings is 1. The van der Waals surface area contributed by atoms with E-state index in [1.165, 1.54) is 0 Å². The summed E-state index contributed by atoms with van der Waals surface area (Å²) in [7, 11) is 0. The van der Waals surface area contributed by atoms with Gasteiger partial charge in [-0.1, -0.05) is 6.07 Å². The minimum absolute atomic E-state index is 0.0433. The monoisotopic (exact) mass is 218 g/mol. The maximum Gasteiger partial charge on any atom is 0.389 e. The van der Waals surface area contributed by atoms with Crippen LogP contribution >= 0.6 is 0 Å². The van der Waals surface area contributed by atoms with Gasteiger partial charge in [0, 0.05) is 24.9 Å². The topological polar surface area (TPSA) is 38.9 Å². The second kappa shape index (κ2) is 5.11. The summed E-state index contributed by atoms with van der Waals surface area (Å²) >= 11 is 0. The quantitative estimate of drug-likeness (QED) is 0.842. The van der Waals surface area contributed by atoms with Crippen molar-refractivity contribution in [2.45, 2.75) is 31.5 Å². The van der Waals surface area contributed by atoms with E-state index in [0.29, 0.717) is 6.42 Å². The molecule has 1 rings (SSSR count). The lowest BCUT2D eigenvalue weighted by Gasteiger charge is -2.12. The van der Waals surface area contributed by atoms with Gasteiger partial charge in [0.2, 0.25) is 0 Å². The number of hydrogen-bond donors (Lipinski definition) is 1. The van der Waals surface area contributed by atoms with Crippen molar-refractivity contribution in [3.05, 3.63) is 30.1 Å². The number of rotatable bonds is 4. The first kappa shape index (κ1) is 12.0. The normalized spacial score (nSPS) is 13.9. The summed E-state index contributed by atoms with van der Waals surface area (Å²) in [5, 5.41) is 0. The Morgan fingerprint density at radius 3 is 2.67 bits per heavy atom. The van der Waals surface area contributed by atoms with E-state index in [1.54, 1.807) is 24.5 Å². The van der Waals surface area contributed by atoms with E-state index in [1.807, 2.05) is 0 Å². The summed E-state index contributed by atoms with van der Waals surface area (Å²) in [6.45, 7) is 0. The first-order valence-corrected chi connectivity index (χ1v) is 4.68. The van der Waals surface area contributed by atoms with Gasteiger partial charge in [0.1, 0.15) is 0 Å². The van der Waals surface area contributed by atoms with E-state index in [-0.39, 0.29) is 6.42 Å². The van der Waals surface area contributed by atoms with Gasteiger partial charge in [-0.25, -0.2) is 0 Å². The van der Waals surface area contributed by atoms with Crippen molar-refractivity contribution in [1.29, 1.82) is 0 Å². The van der Waals surface area contributed by atoms with Gasteiger partial charge in [-0.05, 0) is 24.5 Å². The molecule has 15 heavy (non-hydrogen) atoms. The fourth-order valence-corrected chi connectivity index (χ4v) is 1.27. The van der Waals surface area contributed by atoms with Crippen LogP contribution in [-0.2, 0) is 6.42 Å². The third-order valence-corrected chi connectivity index (χ3v) is 2.02. The Morgan fingerprint density at radius 1 is 1.40 bits per heavy atom. The van der Waals surface area contributed by atoms with Crippen molar-refractivity contribution >= 4 is 0 Å². The average molecular weight is 218 g/mol. The molecule has 2 nitrogen and oxygen atoms in total.